The SMILES string of the molecule is CC(=O)N[C@H]1[C@H]([C@H](O)[C@H](O)CO)OC(OC[C@@H](O)[C@H](O)[C@H](O[C@@H]2O[C@H](CO)[C@H](O)[C@H](OC3(C(=O)O)C[C@H](O)[C@@H](NC(C)=O)[C@H]([C@H](O)[C@H](O)CO)O3)[C@H]2O)[C@H](CO)NC(C)=O)(C(=O)O)C[C@@H]1O. The van der Waals surface area contributed by atoms with E-state index in [2.05, 4.69) is 16.0 Å². The number of hydrogen-bond donors (Lipinski definition) is 19. The molecule has 3 aliphatic rings. The molecule has 3 heterocycles. The molecule has 0 aromatic rings. The fourth-order valence-corrected chi connectivity index (χ4v) is 7.65. The quantitative estimate of drug-likeness (QED) is 0.0452. The summed E-state index contributed by atoms with van der Waals surface area (Å²) in [6, 6.07) is -5.10. The Kier molecular flexibility index (Phi) is 20.9. The molecule has 0 saturated carbocycles. The number of aliphatic hydroxyl groups is 14. The number of carboxylic acid groups (broad SMARTS) is 2. The van der Waals surface area contributed by atoms with E-state index < -0.39 is 203 Å². The van der Waals surface area contributed by atoms with Crippen molar-refractivity contribution in [1.82, 2.24) is 16.0 Å². The van der Waals surface area contributed by atoms with Crippen molar-refractivity contribution in [2.24, 2.45) is 0 Å². The van der Waals surface area contributed by atoms with Gasteiger partial charge in [0.1, 0.15) is 79.4 Å². The summed E-state index contributed by atoms with van der Waals surface area (Å²) in [4.78, 5) is 61.6. The zero-order valence-electron chi connectivity index (χ0n) is 35.6. The molecule has 30 heteroatoms. The van der Waals surface area contributed by atoms with Crippen molar-refractivity contribution in [3.63, 3.8) is 0 Å². The Morgan fingerprint density at radius 1 is 0.667 bits per heavy atom. The van der Waals surface area contributed by atoms with Crippen LogP contribution in [0, 0.1) is 0 Å². The van der Waals surface area contributed by atoms with Crippen molar-refractivity contribution in [2.75, 3.05) is 33.0 Å². The van der Waals surface area contributed by atoms with Crippen molar-refractivity contribution in [2.45, 2.75) is 161 Å². The zero-order valence-corrected chi connectivity index (χ0v) is 35.6. The van der Waals surface area contributed by atoms with Crippen molar-refractivity contribution in [3.05, 3.63) is 0 Å². The number of nitrogens with one attached hydrogen (secondary N) is 3. The molecule has 0 aliphatic carbocycles. The van der Waals surface area contributed by atoms with E-state index >= 15 is 0 Å². The first-order valence-corrected chi connectivity index (χ1v) is 20.3. The van der Waals surface area contributed by atoms with Crippen LogP contribution in [0.4, 0.5) is 0 Å². The average Bonchev–Trinajstić information content (AvgIpc) is 3.25. The van der Waals surface area contributed by atoms with Gasteiger partial charge in [0.2, 0.25) is 17.7 Å². The first kappa shape index (κ1) is 56.9. The van der Waals surface area contributed by atoms with Gasteiger partial charge < -0.3 is 126 Å². The van der Waals surface area contributed by atoms with Crippen LogP contribution in [0.3, 0.4) is 0 Å². The fourth-order valence-electron chi connectivity index (χ4n) is 7.65. The molecule has 2 unspecified atom stereocenters. The number of aliphatic carboxylic acids is 2. The topological polar surface area (TPSA) is 500 Å². The van der Waals surface area contributed by atoms with Crippen molar-refractivity contribution >= 4 is 29.7 Å². The van der Waals surface area contributed by atoms with Crippen LogP contribution in [0.15, 0.2) is 0 Å². The van der Waals surface area contributed by atoms with Crippen LogP contribution < -0.4 is 16.0 Å². The molecule has 3 aliphatic heterocycles. The lowest BCUT2D eigenvalue weighted by molar-refractivity contribution is -0.376. The Morgan fingerprint density at radius 3 is 1.55 bits per heavy atom. The van der Waals surface area contributed by atoms with Gasteiger partial charge in [-0.05, 0) is 0 Å². The number of hydrogen-bond acceptors (Lipinski definition) is 25. The van der Waals surface area contributed by atoms with Gasteiger partial charge in [-0.1, -0.05) is 0 Å². The van der Waals surface area contributed by atoms with E-state index in [1.54, 1.807) is 0 Å². The summed E-state index contributed by atoms with van der Waals surface area (Å²) in [6.45, 7) is -3.00. The zero-order chi connectivity index (χ0) is 50.2. The maximum absolute atomic E-state index is 12.9. The van der Waals surface area contributed by atoms with E-state index in [0.717, 1.165) is 20.8 Å². The van der Waals surface area contributed by atoms with E-state index in [1.807, 2.05) is 0 Å². The Bertz CT molecular complexity index is 1630. The van der Waals surface area contributed by atoms with E-state index in [0.29, 0.717) is 0 Å². The maximum atomic E-state index is 12.9. The minimum Gasteiger partial charge on any atom is -0.477 e. The Balaban J connectivity index is 2.00. The Morgan fingerprint density at radius 2 is 1.14 bits per heavy atom. The predicted molar refractivity (Wildman–Crippen MR) is 205 cm³/mol. The third kappa shape index (κ3) is 13.2. The molecule has 21 atom stereocenters. The summed E-state index contributed by atoms with van der Waals surface area (Å²) in [5.41, 5.74) is 0. The smallest absolute Gasteiger partial charge is 0.364 e. The fraction of sp³-hybridized carbons (Fsp3) is 0.861. The molecule has 30 nitrogen and oxygen atoms in total. The molecular weight excluding hydrogens is 906 g/mol. The lowest BCUT2D eigenvalue weighted by Gasteiger charge is -2.50. The van der Waals surface area contributed by atoms with Gasteiger partial charge in [0.15, 0.2) is 6.29 Å². The van der Waals surface area contributed by atoms with E-state index in [1.165, 1.54) is 0 Å². The van der Waals surface area contributed by atoms with Gasteiger partial charge in [0, 0.05) is 33.6 Å². The van der Waals surface area contributed by atoms with Crippen LogP contribution in [-0.4, -0.2) is 272 Å². The minimum atomic E-state index is -3.22. The molecule has 382 valence electrons. The summed E-state index contributed by atoms with van der Waals surface area (Å²) in [7, 11) is 0. The molecule has 0 spiro atoms. The Labute approximate surface area is 373 Å². The second-order valence-corrected chi connectivity index (χ2v) is 16.0. The van der Waals surface area contributed by atoms with Crippen LogP contribution in [0.1, 0.15) is 33.6 Å². The molecule has 0 bridgehead atoms. The number of carboxylic acids is 2. The maximum Gasteiger partial charge on any atom is 0.364 e. The van der Waals surface area contributed by atoms with Crippen molar-refractivity contribution < 1.29 is 134 Å². The van der Waals surface area contributed by atoms with Gasteiger partial charge in [-0.15, -0.1) is 0 Å². The number of carbonyl (C=O) groups is 5. The standard InChI is InChI=1S/C36H61N3O27/c1-11(44)37-14(6-40)28(25(54)19(51)10-61-35(33(57)58)4-15(47)21(38-12(2)45)29(64-35)23(52)17(49)7-41)63-32-27(56)31(26(55)20(9-43)62-32)66-36(34(59)60)5-16(48)22(39-13(3)46)30(65-36)24(53)18(50)8-42/h14-32,40-43,47-56H,4-10H2,1-3H3,(H,37,44)(H,38,45)(H,39,46)(H,57,58)(H,59,60)/t14-,15-,16-,17+,18+,19+,20+,21+,22+,23+,24+,25-,26-,27+,28+,29+,30+,31-,32-,35?,36?/m0/s1. The molecule has 3 fully saturated rings. The first-order valence-electron chi connectivity index (χ1n) is 20.3. The largest absolute Gasteiger partial charge is 0.477 e. The molecule has 0 aromatic heterocycles. The van der Waals surface area contributed by atoms with E-state index in [9.17, 15) is 106 Å². The van der Waals surface area contributed by atoms with Gasteiger partial charge in [-0.25, -0.2) is 9.59 Å². The van der Waals surface area contributed by atoms with Crippen LogP contribution in [0.5, 0.6) is 0 Å². The molecule has 0 radical (unpaired) electrons. The summed E-state index contributed by atoms with van der Waals surface area (Å²) in [5, 5.41) is 176. The lowest BCUT2D eigenvalue weighted by Crippen LogP contribution is -2.70. The number of rotatable bonds is 23. The summed E-state index contributed by atoms with van der Waals surface area (Å²) < 4.78 is 33.2. The van der Waals surface area contributed by atoms with Gasteiger partial charge in [-0.2, -0.15) is 0 Å². The van der Waals surface area contributed by atoms with Crippen molar-refractivity contribution in [1.29, 1.82) is 0 Å². The molecule has 66 heavy (non-hydrogen) atoms. The molecule has 3 rings (SSSR count). The third-order valence-corrected chi connectivity index (χ3v) is 11.0. The number of carbonyl (C=O) groups excluding carboxylic acids is 3. The molecule has 3 amide bonds. The molecule has 3 saturated heterocycles. The third-order valence-electron chi connectivity index (χ3n) is 11.0. The van der Waals surface area contributed by atoms with Gasteiger partial charge in [0.05, 0.1) is 63.4 Å². The number of aliphatic hydroxyl groups excluding tert-OH is 14. The highest BCUT2D eigenvalue weighted by Gasteiger charge is 2.60. The van der Waals surface area contributed by atoms with Crippen molar-refractivity contribution in [3.8, 4) is 0 Å². The number of amides is 3. The monoisotopic (exact) mass is 967 g/mol. The highest BCUT2D eigenvalue weighted by atomic mass is 16.8. The normalized spacial score (nSPS) is 36.3. The Hall–Kier alpha value is -3.45. The second-order valence-electron chi connectivity index (χ2n) is 16.0. The van der Waals surface area contributed by atoms with Crippen LogP contribution in [0.2, 0.25) is 0 Å². The number of ether oxygens (including phenoxy) is 6. The van der Waals surface area contributed by atoms with Crippen LogP contribution >= 0.6 is 0 Å². The summed E-state index contributed by atoms with van der Waals surface area (Å²) >= 11 is 0. The van der Waals surface area contributed by atoms with Crippen LogP contribution in [0.25, 0.3) is 0 Å². The minimum absolute atomic E-state index is 0.808. The van der Waals surface area contributed by atoms with Gasteiger partial charge >= 0.3 is 11.9 Å². The van der Waals surface area contributed by atoms with Crippen LogP contribution in [-0.2, 0) is 52.4 Å². The highest BCUT2D eigenvalue weighted by Crippen LogP contribution is 2.38. The van der Waals surface area contributed by atoms with E-state index in [4.69, 9.17) is 28.4 Å². The highest BCUT2D eigenvalue weighted by molar-refractivity contribution is 5.77. The average molecular weight is 968 g/mol. The van der Waals surface area contributed by atoms with Gasteiger partial charge in [-0.3, -0.25) is 14.4 Å². The lowest BCUT2D eigenvalue weighted by atomic mass is 9.88. The summed E-state index contributed by atoms with van der Waals surface area (Å²) in [5.74, 6) is -13.0. The second kappa shape index (κ2) is 24.2. The van der Waals surface area contributed by atoms with Gasteiger partial charge in [0.25, 0.3) is 11.6 Å². The predicted octanol–water partition coefficient (Wildman–Crippen LogP) is -11.3. The van der Waals surface area contributed by atoms with E-state index in [-0.39, 0.29) is 0 Å². The summed E-state index contributed by atoms with van der Waals surface area (Å²) in [6.07, 6.45) is -37.2. The molecular formula is C36H61N3O27. The molecule has 0 aromatic carbocycles. The first-order chi connectivity index (χ1) is 30.7. The molecule has 19 N–H and O–H groups in total.